The number of nitrogens with zero attached hydrogens (tertiary/aromatic N) is 1. The second-order valence-corrected chi connectivity index (χ2v) is 5.93. The lowest BCUT2D eigenvalue weighted by atomic mass is 10.2. The number of benzene rings is 1. The number of nitrogens with one attached hydrogen (secondary N) is 2. The fraction of sp³-hybridized carbons (Fsp3) is 0.444. The van der Waals surface area contributed by atoms with Crippen LogP contribution in [-0.4, -0.2) is 69.0 Å². The van der Waals surface area contributed by atoms with Crippen LogP contribution in [0.1, 0.15) is 17.4 Å². The Kier molecular flexibility index (Phi) is 7.28. The summed E-state index contributed by atoms with van der Waals surface area (Å²) >= 11 is 0. The highest BCUT2D eigenvalue weighted by atomic mass is 19.1. The summed E-state index contributed by atoms with van der Waals surface area (Å²) in [6, 6.07) is 4.01. The number of likely N-dealkylation sites (N-methyl/N-ethyl adjacent to an activating group) is 1. The first-order valence-electron chi connectivity index (χ1n) is 8.41. The van der Waals surface area contributed by atoms with Gasteiger partial charge in [0.05, 0.1) is 18.8 Å². The standard InChI is InChI=1S/C18H24FN3O5/c1-5-27-18(24)17-16(12-8-11(19)6-7-13(12)20-17)21-14(23)9-22(2)10-15(25-3)26-4/h6-8,15,20H,5,9-10H2,1-4H3,(H,21,23). The number of fused-ring (bicyclic) bond motifs is 1. The van der Waals surface area contributed by atoms with Crippen LogP contribution in [-0.2, 0) is 19.0 Å². The molecule has 1 amide bonds. The molecule has 0 unspecified atom stereocenters. The first-order valence-corrected chi connectivity index (χ1v) is 8.41. The summed E-state index contributed by atoms with van der Waals surface area (Å²) in [7, 11) is 4.74. The van der Waals surface area contributed by atoms with Crippen molar-refractivity contribution in [3.8, 4) is 0 Å². The average molecular weight is 381 g/mol. The van der Waals surface area contributed by atoms with Crippen molar-refractivity contribution in [3.63, 3.8) is 0 Å². The molecule has 1 aromatic heterocycles. The van der Waals surface area contributed by atoms with Crippen LogP contribution in [0.5, 0.6) is 0 Å². The summed E-state index contributed by atoms with van der Waals surface area (Å²) in [5, 5.41) is 3.07. The van der Waals surface area contributed by atoms with Crippen LogP contribution in [0.25, 0.3) is 10.9 Å². The van der Waals surface area contributed by atoms with Crippen LogP contribution in [0, 0.1) is 5.82 Å². The average Bonchev–Trinajstić information content (AvgIpc) is 2.97. The number of carbonyl (C=O) groups is 2. The van der Waals surface area contributed by atoms with Gasteiger partial charge in [-0.2, -0.15) is 0 Å². The molecule has 0 bridgehead atoms. The van der Waals surface area contributed by atoms with E-state index in [1.54, 1.807) is 18.9 Å². The Morgan fingerprint density at radius 3 is 2.63 bits per heavy atom. The van der Waals surface area contributed by atoms with E-state index in [2.05, 4.69) is 10.3 Å². The second kappa shape index (κ2) is 9.45. The van der Waals surface area contributed by atoms with Crippen LogP contribution >= 0.6 is 0 Å². The molecule has 0 saturated heterocycles. The predicted molar refractivity (Wildman–Crippen MR) is 98.1 cm³/mol. The largest absolute Gasteiger partial charge is 0.461 e. The fourth-order valence-corrected chi connectivity index (χ4v) is 2.64. The van der Waals surface area contributed by atoms with Crippen molar-refractivity contribution in [1.29, 1.82) is 0 Å². The predicted octanol–water partition coefficient (Wildman–Crippen LogP) is 1.97. The van der Waals surface area contributed by atoms with Gasteiger partial charge in [0.25, 0.3) is 0 Å². The molecule has 0 atom stereocenters. The van der Waals surface area contributed by atoms with Crippen molar-refractivity contribution in [1.82, 2.24) is 9.88 Å². The maximum atomic E-state index is 13.7. The zero-order valence-corrected chi connectivity index (χ0v) is 15.8. The van der Waals surface area contributed by atoms with Gasteiger partial charge in [0.1, 0.15) is 11.5 Å². The Balaban J connectivity index is 2.23. The van der Waals surface area contributed by atoms with Gasteiger partial charge < -0.3 is 24.5 Å². The maximum Gasteiger partial charge on any atom is 0.356 e. The van der Waals surface area contributed by atoms with Gasteiger partial charge in [-0.3, -0.25) is 9.69 Å². The maximum absolute atomic E-state index is 13.7. The molecule has 0 aliphatic carbocycles. The van der Waals surface area contributed by atoms with Gasteiger partial charge in [-0.25, -0.2) is 9.18 Å². The van der Waals surface area contributed by atoms with E-state index in [9.17, 15) is 14.0 Å². The van der Waals surface area contributed by atoms with E-state index < -0.39 is 18.1 Å². The van der Waals surface area contributed by atoms with Gasteiger partial charge >= 0.3 is 5.97 Å². The first kappa shape index (κ1) is 20.8. The summed E-state index contributed by atoms with van der Waals surface area (Å²) in [6.07, 6.45) is -0.472. The van der Waals surface area contributed by atoms with Crippen LogP contribution in [0.3, 0.4) is 0 Å². The van der Waals surface area contributed by atoms with Crippen LogP contribution in [0.15, 0.2) is 18.2 Å². The molecule has 0 saturated carbocycles. The van der Waals surface area contributed by atoms with Crippen LogP contribution < -0.4 is 5.32 Å². The van der Waals surface area contributed by atoms with E-state index >= 15 is 0 Å². The lowest BCUT2D eigenvalue weighted by molar-refractivity contribution is -0.124. The number of halogens is 1. The van der Waals surface area contributed by atoms with E-state index in [1.807, 2.05) is 0 Å². The molecule has 0 spiro atoms. The van der Waals surface area contributed by atoms with E-state index in [-0.39, 0.29) is 30.4 Å². The Bertz CT molecular complexity index is 804. The molecule has 1 heterocycles. The highest BCUT2D eigenvalue weighted by Gasteiger charge is 2.22. The van der Waals surface area contributed by atoms with Gasteiger partial charge in [0.15, 0.2) is 6.29 Å². The third-order valence-electron chi connectivity index (χ3n) is 3.90. The molecule has 2 rings (SSSR count). The minimum atomic E-state index is -0.628. The molecular weight excluding hydrogens is 357 g/mol. The number of hydrogen-bond acceptors (Lipinski definition) is 6. The molecular formula is C18H24FN3O5. The normalized spacial score (nSPS) is 11.4. The number of hydrogen-bond donors (Lipinski definition) is 2. The zero-order valence-electron chi connectivity index (χ0n) is 15.8. The minimum Gasteiger partial charge on any atom is -0.461 e. The number of anilines is 1. The third kappa shape index (κ3) is 5.25. The monoisotopic (exact) mass is 381 g/mol. The van der Waals surface area contributed by atoms with E-state index in [0.717, 1.165) is 0 Å². The Morgan fingerprint density at radius 1 is 1.30 bits per heavy atom. The van der Waals surface area contributed by atoms with Crippen molar-refractivity contribution >= 4 is 28.5 Å². The van der Waals surface area contributed by atoms with Gasteiger partial charge in [-0.1, -0.05) is 0 Å². The number of aromatic amines is 1. The smallest absolute Gasteiger partial charge is 0.356 e. The van der Waals surface area contributed by atoms with Crippen molar-refractivity contribution in [2.45, 2.75) is 13.2 Å². The lowest BCUT2D eigenvalue weighted by Gasteiger charge is -2.21. The number of ether oxygens (including phenoxy) is 3. The molecule has 1 aromatic carbocycles. The van der Waals surface area contributed by atoms with E-state index in [1.165, 1.54) is 32.4 Å². The molecule has 9 heteroatoms. The summed E-state index contributed by atoms with van der Waals surface area (Å²) in [5.74, 6) is -1.48. The topological polar surface area (TPSA) is 92.9 Å². The second-order valence-electron chi connectivity index (χ2n) is 5.93. The number of aromatic nitrogens is 1. The number of methoxy groups -OCH3 is 2. The quantitative estimate of drug-likeness (QED) is 0.510. The molecule has 2 N–H and O–H groups in total. The number of esters is 1. The summed E-state index contributed by atoms with van der Waals surface area (Å²) in [5.41, 5.74) is 0.776. The van der Waals surface area contributed by atoms with E-state index in [4.69, 9.17) is 14.2 Å². The molecule has 0 aliphatic rings. The van der Waals surface area contributed by atoms with E-state index in [0.29, 0.717) is 17.4 Å². The van der Waals surface area contributed by atoms with Gasteiger partial charge in [0, 0.05) is 31.7 Å². The van der Waals surface area contributed by atoms with Gasteiger partial charge in [-0.05, 0) is 32.2 Å². The summed E-state index contributed by atoms with van der Waals surface area (Å²) < 4.78 is 28.9. The number of amides is 1. The van der Waals surface area contributed by atoms with Crippen molar-refractivity contribution in [3.05, 3.63) is 29.7 Å². The molecule has 148 valence electrons. The number of carbonyl (C=O) groups excluding carboxylic acids is 2. The first-order chi connectivity index (χ1) is 12.9. The zero-order chi connectivity index (χ0) is 20.0. The Labute approximate surface area is 156 Å². The highest BCUT2D eigenvalue weighted by molar-refractivity contribution is 6.11. The third-order valence-corrected chi connectivity index (χ3v) is 3.90. The molecule has 0 aliphatic heterocycles. The van der Waals surface area contributed by atoms with Gasteiger partial charge in [0.2, 0.25) is 5.91 Å². The summed E-state index contributed by atoms with van der Waals surface area (Å²) in [4.78, 5) is 29.2. The lowest BCUT2D eigenvalue weighted by Crippen LogP contribution is -2.37. The van der Waals surface area contributed by atoms with Crippen molar-refractivity contribution in [2.75, 3.05) is 46.3 Å². The van der Waals surface area contributed by atoms with Crippen molar-refractivity contribution < 1.29 is 28.2 Å². The summed E-state index contributed by atoms with van der Waals surface area (Å²) in [6.45, 7) is 2.24. The Hall–Kier alpha value is -2.49. The molecule has 0 radical (unpaired) electrons. The Morgan fingerprint density at radius 2 is 2.00 bits per heavy atom. The van der Waals surface area contributed by atoms with Crippen LogP contribution in [0.2, 0.25) is 0 Å². The molecule has 27 heavy (non-hydrogen) atoms. The van der Waals surface area contributed by atoms with Gasteiger partial charge in [-0.15, -0.1) is 0 Å². The molecule has 2 aromatic rings. The molecule has 0 fully saturated rings. The van der Waals surface area contributed by atoms with Crippen molar-refractivity contribution in [2.24, 2.45) is 0 Å². The number of rotatable bonds is 9. The highest BCUT2D eigenvalue weighted by Crippen LogP contribution is 2.29. The number of H-pyrrole nitrogens is 1. The van der Waals surface area contributed by atoms with Crippen LogP contribution in [0.4, 0.5) is 10.1 Å². The SMILES string of the molecule is CCOC(=O)c1[nH]c2ccc(F)cc2c1NC(=O)CN(C)CC(OC)OC. The minimum absolute atomic E-state index is 0.0213. The molecule has 8 nitrogen and oxygen atoms in total. The fourth-order valence-electron chi connectivity index (χ4n) is 2.64.